The lowest BCUT2D eigenvalue weighted by Crippen LogP contribution is -2.25. The van der Waals surface area contributed by atoms with Crippen molar-refractivity contribution in [3.63, 3.8) is 0 Å². The van der Waals surface area contributed by atoms with E-state index < -0.39 is 32.9 Å². The maximum Gasteiger partial charge on any atom is 0.422 e. The van der Waals surface area contributed by atoms with Gasteiger partial charge >= 0.3 is 6.18 Å². The largest absolute Gasteiger partial charge is 0.422 e. The first kappa shape index (κ1) is 12.4. The number of alkyl halides is 5. The quantitative estimate of drug-likeness (QED) is 0.476. The number of rotatable bonds is 1. The Labute approximate surface area is 93.6 Å². The molecule has 0 aromatic carbocycles. The van der Waals surface area contributed by atoms with Gasteiger partial charge in [-0.15, -0.1) is 0 Å². The van der Waals surface area contributed by atoms with E-state index in [0.717, 1.165) is 0 Å². The first-order valence-corrected chi connectivity index (χ1v) is 4.59. The van der Waals surface area contributed by atoms with E-state index in [9.17, 15) is 26.7 Å². The Morgan fingerprint density at radius 1 is 1.33 bits per heavy atom. The second kappa shape index (κ2) is 4.06. The van der Waals surface area contributed by atoms with Crippen LogP contribution in [0.4, 0.5) is 22.0 Å². The molecular formula is C7H3F5INO. The normalized spacial score (nSPS) is 12.2. The average molecular weight is 339 g/mol. The number of aromatic amines is 1. The van der Waals surface area contributed by atoms with Crippen molar-refractivity contribution in [2.45, 2.75) is 12.6 Å². The molecule has 1 rings (SSSR count). The molecule has 0 unspecified atom stereocenters. The fraction of sp³-hybridized carbons (Fsp3) is 0.286. The Balaban J connectivity index is 3.52. The predicted octanol–water partition coefficient (Wildman–Crippen LogP) is 2.94. The second-order valence-electron chi connectivity index (χ2n) is 2.56. The van der Waals surface area contributed by atoms with Crippen LogP contribution in [-0.4, -0.2) is 4.98 Å². The zero-order valence-corrected chi connectivity index (χ0v) is 8.99. The van der Waals surface area contributed by atoms with Gasteiger partial charge in [-0.1, -0.05) is 0 Å². The molecule has 0 spiro atoms. The predicted molar refractivity (Wildman–Crippen MR) is 49.7 cm³/mol. The molecule has 84 valence electrons. The monoisotopic (exact) mass is 339 g/mol. The SMILES string of the molecule is O=c1c(C(F)F)c[nH]c(I)c1C(F)(F)F. The van der Waals surface area contributed by atoms with Crippen LogP contribution in [0, 0.1) is 3.70 Å². The molecule has 0 atom stereocenters. The third-order valence-corrected chi connectivity index (χ3v) is 2.43. The fourth-order valence-electron chi connectivity index (χ4n) is 0.938. The summed E-state index contributed by atoms with van der Waals surface area (Å²) in [6.07, 6.45) is -7.58. The van der Waals surface area contributed by atoms with Crippen LogP contribution < -0.4 is 5.43 Å². The summed E-state index contributed by atoms with van der Waals surface area (Å²) in [5.41, 5.74) is -4.44. The third-order valence-electron chi connectivity index (χ3n) is 1.58. The molecule has 0 aliphatic carbocycles. The molecule has 0 aliphatic heterocycles. The summed E-state index contributed by atoms with van der Waals surface area (Å²) in [4.78, 5) is 13.0. The minimum absolute atomic E-state index is 0.505. The van der Waals surface area contributed by atoms with Gasteiger partial charge in [-0.2, -0.15) is 13.2 Å². The van der Waals surface area contributed by atoms with Gasteiger partial charge in [0.2, 0.25) is 5.43 Å². The minimum Gasteiger partial charge on any atom is -0.356 e. The molecule has 0 saturated heterocycles. The first-order valence-electron chi connectivity index (χ1n) is 3.51. The number of pyridine rings is 1. The molecule has 15 heavy (non-hydrogen) atoms. The van der Waals surface area contributed by atoms with Crippen molar-refractivity contribution in [1.29, 1.82) is 0 Å². The van der Waals surface area contributed by atoms with E-state index in [-0.39, 0.29) is 0 Å². The van der Waals surface area contributed by atoms with Crippen LogP contribution in [-0.2, 0) is 6.18 Å². The van der Waals surface area contributed by atoms with E-state index in [0.29, 0.717) is 6.20 Å². The fourth-order valence-corrected chi connectivity index (χ4v) is 1.64. The number of aromatic nitrogens is 1. The summed E-state index contributed by atoms with van der Waals surface area (Å²) in [7, 11) is 0. The van der Waals surface area contributed by atoms with Crippen LogP contribution >= 0.6 is 22.6 Å². The maximum atomic E-state index is 12.3. The summed E-state index contributed by atoms with van der Waals surface area (Å²) in [6.45, 7) is 0. The highest BCUT2D eigenvalue weighted by molar-refractivity contribution is 14.1. The second-order valence-corrected chi connectivity index (χ2v) is 3.64. The lowest BCUT2D eigenvalue weighted by Gasteiger charge is -2.09. The van der Waals surface area contributed by atoms with Gasteiger partial charge in [0.1, 0.15) is 5.56 Å². The highest BCUT2D eigenvalue weighted by atomic mass is 127. The Kier molecular flexibility index (Phi) is 3.36. The van der Waals surface area contributed by atoms with Crippen LogP contribution in [0.3, 0.4) is 0 Å². The van der Waals surface area contributed by atoms with Crippen molar-refractivity contribution in [3.05, 3.63) is 31.2 Å². The van der Waals surface area contributed by atoms with E-state index in [1.807, 2.05) is 4.98 Å². The molecule has 0 saturated carbocycles. The van der Waals surface area contributed by atoms with Crippen LogP contribution in [0.1, 0.15) is 17.6 Å². The Bertz CT molecular complexity index is 424. The summed E-state index contributed by atoms with van der Waals surface area (Å²) in [5.74, 6) is 0. The van der Waals surface area contributed by atoms with Gasteiger partial charge in [-0.3, -0.25) is 4.79 Å². The van der Waals surface area contributed by atoms with Crippen molar-refractivity contribution in [2.75, 3.05) is 0 Å². The maximum absolute atomic E-state index is 12.3. The number of nitrogens with one attached hydrogen (secondary N) is 1. The van der Waals surface area contributed by atoms with Gasteiger partial charge in [-0.25, -0.2) is 8.78 Å². The standard InChI is InChI=1S/C7H3F5INO/c8-5(9)2-1-14-6(13)3(4(2)15)7(10,11)12/h1,5H,(H,14,15). The first-order chi connectivity index (χ1) is 6.75. The van der Waals surface area contributed by atoms with Crippen molar-refractivity contribution in [3.8, 4) is 0 Å². The van der Waals surface area contributed by atoms with Crippen molar-refractivity contribution in [1.82, 2.24) is 4.98 Å². The smallest absolute Gasteiger partial charge is 0.356 e. The van der Waals surface area contributed by atoms with E-state index in [2.05, 4.69) is 0 Å². The Morgan fingerprint density at radius 3 is 2.27 bits per heavy atom. The summed E-state index contributed by atoms with van der Waals surface area (Å²) >= 11 is 1.23. The summed E-state index contributed by atoms with van der Waals surface area (Å²) in [5, 5.41) is 0. The van der Waals surface area contributed by atoms with Crippen molar-refractivity contribution < 1.29 is 22.0 Å². The average Bonchev–Trinajstić information content (AvgIpc) is 2.00. The molecule has 0 bridgehead atoms. The van der Waals surface area contributed by atoms with Crippen LogP contribution in [0.2, 0.25) is 0 Å². The van der Waals surface area contributed by atoms with E-state index in [1.54, 1.807) is 0 Å². The van der Waals surface area contributed by atoms with Gasteiger partial charge < -0.3 is 4.98 Å². The summed E-state index contributed by atoms with van der Waals surface area (Å²) < 4.78 is 60.6. The highest BCUT2D eigenvalue weighted by Gasteiger charge is 2.38. The molecule has 1 aromatic rings. The van der Waals surface area contributed by atoms with Crippen molar-refractivity contribution >= 4 is 22.6 Å². The lowest BCUT2D eigenvalue weighted by atomic mass is 10.2. The molecule has 2 nitrogen and oxygen atoms in total. The van der Waals surface area contributed by atoms with E-state index in [4.69, 9.17) is 0 Å². The molecule has 0 amide bonds. The number of H-pyrrole nitrogens is 1. The van der Waals surface area contributed by atoms with Crippen LogP contribution in [0.5, 0.6) is 0 Å². The Morgan fingerprint density at radius 2 is 1.87 bits per heavy atom. The lowest BCUT2D eigenvalue weighted by molar-refractivity contribution is -0.139. The van der Waals surface area contributed by atoms with Gasteiger partial charge in [0, 0.05) is 6.20 Å². The van der Waals surface area contributed by atoms with Crippen molar-refractivity contribution in [2.24, 2.45) is 0 Å². The number of hydrogen-bond donors (Lipinski definition) is 1. The Hall–Kier alpha value is -0.670. The zero-order valence-electron chi connectivity index (χ0n) is 6.83. The highest BCUT2D eigenvalue weighted by Crippen LogP contribution is 2.30. The van der Waals surface area contributed by atoms with Gasteiger partial charge in [0.25, 0.3) is 6.43 Å². The number of hydrogen-bond acceptors (Lipinski definition) is 1. The molecule has 1 N–H and O–H groups in total. The van der Waals surface area contributed by atoms with Gasteiger partial charge in [-0.05, 0) is 22.6 Å². The molecule has 1 heterocycles. The molecule has 8 heteroatoms. The molecule has 0 fully saturated rings. The van der Waals surface area contributed by atoms with E-state index in [1.165, 1.54) is 22.6 Å². The molecule has 0 aliphatic rings. The van der Waals surface area contributed by atoms with Gasteiger partial charge in [0.05, 0.1) is 9.26 Å². The summed E-state index contributed by atoms with van der Waals surface area (Å²) in [6, 6.07) is 0. The minimum atomic E-state index is -4.94. The molecule has 0 radical (unpaired) electrons. The molecule has 1 aromatic heterocycles. The topological polar surface area (TPSA) is 32.9 Å². The van der Waals surface area contributed by atoms with E-state index >= 15 is 0 Å². The van der Waals surface area contributed by atoms with Gasteiger partial charge in [0.15, 0.2) is 0 Å². The van der Waals surface area contributed by atoms with Crippen LogP contribution in [0.15, 0.2) is 11.0 Å². The third kappa shape index (κ3) is 2.47. The van der Waals surface area contributed by atoms with Crippen LogP contribution in [0.25, 0.3) is 0 Å². The zero-order chi connectivity index (χ0) is 11.8. The number of halogens is 6. The molecular weight excluding hydrogens is 336 g/mol.